The molecule has 0 amide bonds. The first-order valence-electron chi connectivity index (χ1n) is 13.5. The number of rotatable bonds is 4. The first kappa shape index (κ1) is 26.1. The van der Waals surface area contributed by atoms with Gasteiger partial charge in [-0.05, 0) is 93.1 Å². The van der Waals surface area contributed by atoms with Gasteiger partial charge in [0, 0.05) is 40.6 Å². The highest BCUT2D eigenvalue weighted by atomic mass is 16.5. The zero-order valence-electron chi connectivity index (χ0n) is 22.7. The van der Waals surface area contributed by atoms with E-state index in [2.05, 4.69) is 24.3 Å². The minimum Gasteiger partial charge on any atom is -0.493 e. The largest absolute Gasteiger partial charge is 0.493 e. The smallest absolute Gasteiger partial charge is 0.307 e. The molecule has 3 heterocycles. The number of hydrogen-bond donors (Lipinski definition) is 2. The van der Waals surface area contributed by atoms with Crippen LogP contribution >= 0.6 is 0 Å². The molecule has 0 unspecified atom stereocenters. The summed E-state index contributed by atoms with van der Waals surface area (Å²) in [6.45, 7) is 7.89. The Hall–Kier alpha value is -3.51. The van der Waals surface area contributed by atoms with Crippen molar-refractivity contribution in [1.82, 2.24) is 9.97 Å². The van der Waals surface area contributed by atoms with Crippen LogP contribution in [0.3, 0.4) is 0 Å². The summed E-state index contributed by atoms with van der Waals surface area (Å²) in [6, 6.07) is 12.4. The summed E-state index contributed by atoms with van der Waals surface area (Å²) in [5.74, 6) is 0.533. The van der Waals surface area contributed by atoms with E-state index < -0.39 is 11.6 Å². The Labute approximate surface area is 223 Å². The van der Waals surface area contributed by atoms with Crippen molar-refractivity contribution in [2.75, 3.05) is 6.61 Å². The second-order valence-electron chi connectivity index (χ2n) is 11.5. The molecule has 0 radical (unpaired) electrons. The predicted molar refractivity (Wildman–Crippen MR) is 151 cm³/mol. The SMILES string of the molecule is CC(C)(C)O.Cc1cc2nc(C3CCCC3)ccc2c(-c2ccc3c4c(ccnc24)CCO3)c1CC(=O)O. The molecule has 6 nitrogen and oxygen atoms in total. The van der Waals surface area contributed by atoms with Gasteiger partial charge in [0.15, 0.2) is 0 Å². The van der Waals surface area contributed by atoms with Gasteiger partial charge in [-0.3, -0.25) is 14.8 Å². The van der Waals surface area contributed by atoms with Crippen LogP contribution in [0.4, 0.5) is 0 Å². The van der Waals surface area contributed by atoms with E-state index >= 15 is 0 Å². The van der Waals surface area contributed by atoms with Gasteiger partial charge in [0.05, 0.1) is 29.7 Å². The number of carbonyl (C=O) groups is 1. The van der Waals surface area contributed by atoms with Crippen molar-refractivity contribution in [3.63, 3.8) is 0 Å². The second-order valence-corrected chi connectivity index (χ2v) is 11.5. The molecule has 1 saturated carbocycles. The number of carboxylic acids is 1. The van der Waals surface area contributed by atoms with Crippen molar-refractivity contribution in [2.45, 2.75) is 77.7 Å². The number of aliphatic carboxylic acids is 1. The van der Waals surface area contributed by atoms with Crippen LogP contribution < -0.4 is 4.74 Å². The quantitative estimate of drug-likeness (QED) is 0.314. The number of aromatic nitrogens is 2. The first-order valence-corrected chi connectivity index (χ1v) is 13.5. The van der Waals surface area contributed by atoms with Crippen LogP contribution in [0.25, 0.3) is 32.9 Å². The molecule has 2 aromatic heterocycles. The molecule has 38 heavy (non-hydrogen) atoms. The van der Waals surface area contributed by atoms with Crippen molar-refractivity contribution in [2.24, 2.45) is 0 Å². The number of ether oxygens (including phenoxy) is 1. The van der Waals surface area contributed by atoms with Gasteiger partial charge in [-0.1, -0.05) is 18.9 Å². The van der Waals surface area contributed by atoms with E-state index in [1.54, 1.807) is 20.8 Å². The Morgan fingerprint density at radius 1 is 1.11 bits per heavy atom. The van der Waals surface area contributed by atoms with Gasteiger partial charge >= 0.3 is 5.97 Å². The Bertz CT molecular complexity index is 1500. The number of benzene rings is 2. The minimum atomic E-state index is -0.840. The molecule has 0 spiro atoms. The number of hydrogen-bond acceptors (Lipinski definition) is 5. The molecular formula is C32H36N2O4. The third kappa shape index (κ3) is 5.37. The lowest BCUT2D eigenvalue weighted by molar-refractivity contribution is -0.136. The molecule has 0 saturated heterocycles. The Kier molecular flexibility index (Phi) is 7.10. The van der Waals surface area contributed by atoms with Gasteiger partial charge in [0.25, 0.3) is 0 Å². The summed E-state index contributed by atoms with van der Waals surface area (Å²) in [4.78, 5) is 21.7. The van der Waals surface area contributed by atoms with Crippen LogP contribution in [-0.2, 0) is 17.6 Å². The Morgan fingerprint density at radius 3 is 2.55 bits per heavy atom. The highest BCUT2D eigenvalue weighted by molar-refractivity contribution is 6.07. The van der Waals surface area contributed by atoms with Gasteiger partial charge in [0.1, 0.15) is 5.75 Å². The lowest BCUT2D eigenvalue weighted by Gasteiger charge is -2.22. The number of fused-ring (bicyclic) bond motifs is 1. The van der Waals surface area contributed by atoms with Crippen LogP contribution in [0, 0.1) is 6.92 Å². The zero-order chi connectivity index (χ0) is 27.0. The van der Waals surface area contributed by atoms with E-state index in [0.29, 0.717) is 12.5 Å². The van der Waals surface area contributed by atoms with Gasteiger partial charge in [-0.15, -0.1) is 0 Å². The van der Waals surface area contributed by atoms with Crippen LogP contribution in [-0.4, -0.2) is 38.4 Å². The van der Waals surface area contributed by atoms with E-state index in [-0.39, 0.29) is 6.42 Å². The van der Waals surface area contributed by atoms with Crippen LogP contribution in [0.5, 0.6) is 5.75 Å². The summed E-state index contributed by atoms with van der Waals surface area (Å²) in [7, 11) is 0. The number of pyridine rings is 2. The average Bonchev–Trinajstić information content (AvgIpc) is 3.39. The second kappa shape index (κ2) is 10.3. The molecule has 2 aromatic carbocycles. The van der Waals surface area contributed by atoms with Crippen molar-refractivity contribution in [3.05, 3.63) is 65.0 Å². The molecule has 1 aliphatic carbocycles. The zero-order valence-corrected chi connectivity index (χ0v) is 22.7. The summed E-state index contributed by atoms with van der Waals surface area (Å²) < 4.78 is 5.92. The molecule has 4 aromatic rings. The summed E-state index contributed by atoms with van der Waals surface area (Å²) in [5, 5.41) is 20.3. The number of carboxylic acid groups (broad SMARTS) is 1. The molecular weight excluding hydrogens is 476 g/mol. The number of aryl methyl sites for hydroxylation is 1. The van der Waals surface area contributed by atoms with Crippen molar-refractivity contribution in [3.8, 4) is 16.9 Å². The molecule has 0 atom stereocenters. The standard InChI is InChI=1S/C28H26N2O3.C4H10O/c1-16-14-23-19(6-8-22(30-23)17-4-2-3-5-17)27(21(16)15-25(31)32)20-7-9-24-26-18(11-13-33-24)10-12-29-28(20)26;1-4(2,3)5/h6-10,12,14,17H,2-5,11,13,15H2,1H3,(H,31,32);5H,1-3H3. The van der Waals surface area contributed by atoms with Crippen LogP contribution in [0.1, 0.15) is 74.8 Å². The number of aliphatic hydroxyl groups is 1. The average molecular weight is 513 g/mol. The van der Waals surface area contributed by atoms with Crippen LogP contribution in [0.2, 0.25) is 0 Å². The van der Waals surface area contributed by atoms with E-state index in [4.69, 9.17) is 19.8 Å². The summed E-state index contributed by atoms with van der Waals surface area (Å²) in [6.07, 6.45) is 7.57. The van der Waals surface area contributed by atoms with Crippen molar-refractivity contribution >= 4 is 27.8 Å². The molecule has 6 heteroatoms. The van der Waals surface area contributed by atoms with Gasteiger partial charge in [-0.2, -0.15) is 0 Å². The van der Waals surface area contributed by atoms with E-state index in [1.807, 2.05) is 25.3 Å². The monoisotopic (exact) mass is 512 g/mol. The van der Waals surface area contributed by atoms with E-state index in [0.717, 1.165) is 61.9 Å². The lowest BCUT2D eigenvalue weighted by Crippen LogP contribution is -2.10. The molecule has 0 bridgehead atoms. The molecule has 6 rings (SSSR count). The van der Waals surface area contributed by atoms with Gasteiger partial charge < -0.3 is 14.9 Å². The maximum atomic E-state index is 11.8. The Balaban J connectivity index is 0.000000540. The fourth-order valence-corrected chi connectivity index (χ4v) is 5.70. The molecule has 198 valence electrons. The summed E-state index contributed by atoms with van der Waals surface area (Å²) >= 11 is 0. The predicted octanol–water partition coefficient (Wildman–Crippen LogP) is 6.76. The maximum Gasteiger partial charge on any atom is 0.307 e. The normalized spacial score (nSPS) is 15.3. The Morgan fingerprint density at radius 2 is 1.84 bits per heavy atom. The molecule has 1 fully saturated rings. The van der Waals surface area contributed by atoms with Gasteiger partial charge in [0.2, 0.25) is 0 Å². The third-order valence-electron chi connectivity index (χ3n) is 7.29. The van der Waals surface area contributed by atoms with Gasteiger partial charge in [-0.25, -0.2) is 0 Å². The third-order valence-corrected chi connectivity index (χ3v) is 7.29. The molecule has 2 aliphatic rings. The maximum absolute atomic E-state index is 11.8. The molecule has 1 aliphatic heterocycles. The fraction of sp³-hybridized carbons (Fsp3) is 0.406. The molecule has 2 N–H and O–H groups in total. The van der Waals surface area contributed by atoms with Crippen LogP contribution in [0.15, 0.2) is 42.6 Å². The highest BCUT2D eigenvalue weighted by Gasteiger charge is 2.24. The fourth-order valence-electron chi connectivity index (χ4n) is 5.70. The minimum absolute atomic E-state index is 0.0408. The topological polar surface area (TPSA) is 92.5 Å². The number of nitrogens with zero attached hydrogens (tertiary/aromatic N) is 2. The van der Waals surface area contributed by atoms with Crippen molar-refractivity contribution < 1.29 is 19.7 Å². The van der Waals surface area contributed by atoms with Crippen molar-refractivity contribution in [1.29, 1.82) is 0 Å². The summed E-state index contributed by atoms with van der Waals surface area (Å²) in [5.41, 5.74) is 7.32. The van der Waals surface area contributed by atoms with E-state index in [9.17, 15) is 9.90 Å². The first-order chi connectivity index (χ1) is 18.1. The van der Waals surface area contributed by atoms with E-state index in [1.165, 1.54) is 31.2 Å². The lowest BCUT2D eigenvalue weighted by atomic mass is 9.87. The highest BCUT2D eigenvalue weighted by Crippen LogP contribution is 2.43.